The summed E-state index contributed by atoms with van der Waals surface area (Å²) in [5.74, 6) is 2.37. The molecule has 0 saturated carbocycles. The molecule has 0 saturated heterocycles. The molecule has 0 aromatic heterocycles. The number of rotatable bonds is 4. The largest absolute Gasteiger partial charge is 0.493 e. The number of carbonyl (C=O) groups is 1. The molecule has 0 bridgehead atoms. The van der Waals surface area contributed by atoms with Gasteiger partial charge in [0.1, 0.15) is 6.04 Å². The van der Waals surface area contributed by atoms with Crippen LogP contribution in [0.5, 0.6) is 23.0 Å². The zero-order chi connectivity index (χ0) is 19.0. The van der Waals surface area contributed by atoms with Crippen LogP contribution >= 0.6 is 0 Å². The van der Waals surface area contributed by atoms with Crippen LogP contribution in [0.25, 0.3) is 0 Å². The van der Waals surface area contributed by atoms with Gasteiger partial charge in [-0.1, -0.05) is 6.07 Å². The third-order valence-electron chi connectivity index (χ3n) is 4.96. The van der Waals surface area contributed by atoms with Crippen LogP contribution < -0.4 is 24.3 Å². The van der Waals surface area contributed by atoms with Crippen molar-refractivity contribution in [2.24, 2.45) is 0 Å². The lowest BCUT2D eigenvalue weighted by atomic mass is 9.86. The van der Waals surface area contributed by atoms with Crippen molar-refractivity contribution in [1.29, 1.82) is 0 Å². The van der Waals surface area contributed by atoms with E-state index in [1.54, 1.807) is 14.2 Å². The van der Waals surface area contributed by atoms with E-state index >= 15 is 0 Å². The smallest absolute Gasteiger partial charge is 0.323 e. The van der Waals surface area contributed by atoms with E-state index in [9.17, 15) is 4.79 Å². The summed E-state index contributed by atoms with van der Waals surface area (Å²) in [6, 6.07) is 8.95. The summed E-state index contributed by atoms with van der Waals surface area (Å²) in [5, 5.41) is 3.39. The normalized spacial score (nSPS) is 20.0. The Morgan fingerprint density at radius 1 is 1.04 bits per heavy atom. The molecule has 142 valence electrons. The lowest BCUT2D eigenvalue weighted by Gasteiger charge is -2.33. The fourth-order valence-corrected chi connectivity index (χ4v) is 3.61. The van der Waals surface area contributed by atoms with Crippen LogP contribution in [0.2, 0.25) is 0 Å². The molecular formula is C20H21NO6. The van der Waals surface area contributed by atoms with E-state index in [1.807, 2.05) is 30.3 Å². The summed E-state index contributed by atoms with van der Waals surface area (Å²) in [4.78, 5) is 12.2. The third-order valence-corrected chi connectivity index (χ3v) is 4.96. The molecule has 2 aliphatic heterocycles. The van der Waals surface area contributed by atoms with Gasteiger partial charge in [-0.15, -0.1) is 0 Å². The first kappa shape index (κ1) is 17.5. The van der Waals surface area contributed by atoms with Gasteiger partial charge < -0.3 is 23.7 Å². The lowest BCUT2D eigenvalue weighted by molar-refractivity contribution is -0.143. The van der Waals surface area contributed by atoms with E-state index in [0.29, 0.717) is 29.4 Å². The topological polar surface area (TPSA) is 75.3 Å². The van der Waals surface area contributed by atoms with Crippen molar-refractivity contribution in [2.45, 2.75) is 18.5 Å². The quantitative estimate of drug-likeness (QED) is 0.826. The average molecular weight is 371 g/mol. The van der Waals surface area contributed by atoms with Gasteiger partial charge in [0, 0.05) is 0 Å². The molecule has 0 radical (unpaired) electrons. The SMILES string of the molecule is COC(=O)[C@@H]1Cc2cc(OC)c(OC)cc2C(c2ccc3c(c2)OCO3)N1. The number of hydrogen-bond donors (Lipinski definition) is 1. The summed E-state index contributed by atoms with van der Waals surface area (Å²) >= 11 is 0. The fraction of sp³-hybridized carbons (Fsp3) is 0.350. The van der Waals surface area contributed by atoms with E-state index in [0.717, 1.165) is 16.7 Å². The van der Waals surface area contributed by atoms with E-state index in [2.05, 4.69) is 5.32 Å². The summed E-state index contributed by atoms with van der Waals surface area (Å²) in [6.45, 7) is 0.212. The van der Waals surface area contributed by atoms with Crippen LogP contribution in [0.15, 0.2) is 30.3 Å². The number of fused-ring (bicyclic) bond motifs is 2. The Morgan fingerprint density at radius 2 is 1.78 bits per heavy atom. The highest BCUT2D eigenvalue weighted by atomic mass is 16.7. The minimum Gasteiger partial charge on any atom is -0.493 e. The molecule has 1 N–H and O–H groups in total. The van der Waals surface area contributed by atoms with E-state index in [-0.39, 0.29) is 18.8 Å². The maximum absolute atomic E-state index is 12.2. The molecule has 2 aromatic rings. The molecule has 0 amide bonds. The number of benzene rings is 2. The summed E-state index contributed by atoms with van der Waals surface area (Å²) < 4.78 is 26.8. The molecule has 7 heteroatoms. The number of carbonyl (C=O) groups excluding carboxylic acids is 1. The number of methoxy groups -OCH3 is 3. The first-order valence-electron chi connectivity index (χ1n) is 8.62. The van der Waals surface area contributed by atoms with Crippen molar-refractivity contribution in [3.05, 3.63) is 47.0 Å². The molecular weight excluding hydrogens is 350 g/mol. The Hall–Kier alpha value is -2.93. The number of hydrogen-bond acceptors (Lipinski definition) is 7. The minimum absolute atomic E-state index is 0.212. The standard InChI is InChI=1S/C20H21NO6/c1-23-16-8-12-6-14(20(22)25-3)21-19(13(12)9-17(16)24-2)11-4-5-15-18(7-11)27-10-26-15/h4-5,7-9,14,19,21H,6,10H2,1-3H3/t14-,19?/m0/s1. The highest BCUT2D eigenvalue weighted by molar-refractivity contribution is 5.77. The molecule has 0 fully saturated rings. The molecule has 4 rings (SSSR count). The van der Waals surface area contributed by atoms with Crippen LogP contribution in [-0.4, -0.2) is 40.1 Å². The van der Waals surface area contributed by atoms with Gasteiger partial charge >= 0.3 is 5.97 Å². The number of ether oxygens (including phenoxy) is 5. The highest BCUT2D eigenvalue weighted by Gasteiger charge is 2.34. The van der Waals surface area contributed by atoms with Gasteiger partial charge in [0.2, 0.25) is 6.79 Å². The molecule has 2 aliphatic rings. The van der Waals surface area contributed by atoms with Crippen molar-refractivity contribution in [2.75, 3.05) is 28.1 Å². The zero-order valence-corrected chi connectivity index (χ0v) is 15.4. The average Bonchev–Trinajstić information content (AvgIpc) is 3.18. The first-order valence-corrected chi connectivity index (χ1v) is 8.62. The molecule has 0 aliphatic carbocycles. The molecule has 2 heterocycles. The maximum atomic E-state index is 12.2. The first-order chi connectivity index (χ1) is 13.1. The van der Waals surface area contributed by atoms with Gasteiger partial charge in [-0.2, -0.15) is 0 Å². The van der Waals surface area contributed by atoms with Gasteiger partial charge in [-0.05, 0) is 47.4 Å². The highest BCUT2D eigenvalue weighted by Crippen LogP contribution is 2.41. The molecule has 2 aromatic carbocycles. The number of nitrogens with one attached hydrogen (secondary N) is 1. The number of esters is 1. The molecule has 1 unspecified atom stereocenters. The van der Waals surface area contributed by atoms with Gasteiger partial charge in [-0.3, -0.25) is 10.1 Å². The predicted molar refractivity (Wildman–Crippen MR) is 96.6 cm³/mol. The van der Waals surface area contributed by atoms with E-state index < -0.39 is 6.04 Å². The fourth-order valence-electron chi connectivity index (χ4n) is 3.61. The van der Waals surface area contributed by atoms with Crippen LogP contribution in [0.3, 0.4) is 0 Å². The van der Waals surface area contributed by atoms with Crippen LogP contribution in [-0.2, 0) is 16.0 Å². The van der Waals surface area contributed by atoms with Gasteiger partial charge in [-0.25, -0.2) is 0 Å². The molecule has 27 heavy (non-hydrogen) atoms. The second kappa shape index (κ2) is 7.00. The van der Waals surface area contributed by atoms with Crippen molar-refractivity contribution in [3.63, 3.8) is 0 Å². The molecule has 7 nitrogen and oxygen atoms in total. The summed E-state index contributed by atoms with van der Waals surface area (Å²) in [7, 11) is 4.59. The second-order valence-corrected chi connectivity index (χ2v) is 6.40. The van der Waals surface area contributed by atoms with Crippen molar-refractivity contribution in [1.82, 2.24) is 5.32 Å². The zero-order valence-electron chi connectivity index (χ0n) is 15.4. The van der Waals surface area contributed by atoms with Crippen LogP contribution in [0.1, 0.15) is 22.7 Å². The second-order valence-electron chi connectivity index (χ2n) is 6.40. The van der Waals surface area contributed by atoms with Crippen LogP contribution in [0, 0.1) is 0 Å². The van der Waals surface area contributed by atoms with Gasteiger partial charge in [0.25, 0.3) is 0 Å². The van der Waals surface area contributed by atoms with Crippen LogP contribution in [0.4, 0.5) is 0 Å². The summed E-state index contributed by atoms with van der Waals surface area (Å²) in [5.41, 5.74) is 2.98. The van der Waals surface area contributed by atoms with Crippen molar-refractivity contribution < 1.29 is 28.5 Å². The Bertz CT molecular complexity index is 881. The van der Waals surface area contributed by atoms with Crippen molar-refractivity contribution in [3.8, 4) is 23.0 Å². The third kappa shape index (κ3) is 3.04. The van der Waals surface area contributed by atoms with Crippen molar-refractivity contribution >= 4 is 5.97 Å². The van der Waals surface area contributed by atoms with E-state index in [1.165, 1.54) is 7.11 Å². The lowest BCUT2D eigenvalue weighted by Crippen LogP contribution is -2.45. The molecule has 2 atom stereocenters. The monoisotopic (exact) mass is 371 g/mol. The van der Waals surface area contributed by atoms with Gasteiger partial charge in [0.15, 0.2) is 23.0 Å². The Balaban J connectivity index is 1.81. The Labute approximate surface area is 157 Å². The molecule has 0 spiro atoms. The Morgan fingerprint density at radius 3 is 2.52 bits per heavy atom. The van der Waals surface area contributed by atoms with Gasteiger partial charge in [0.05, 0.1) is 27.4 Å². The maximum Gasteiger partial charge on any atom is 0.323 e. The van der Waals surface area contributed by atoms with E-state index in [4.69, 9.17) is 23.7 Å². The predicted octanol–water partition coefficient (Wildman–Crippen LogP) is 2.21. The summed E-state index contributed by atoms with van der Waals surface area (Å²) in [6.07, 6.45) is 0.503. The minimum atomic E-state index is -0.462. The Kier molecular flexibility index (Phi) is 4.53.